The van der Waals surface area contributed by atoms with Crippen LogP contribution < -0.4 is 5.32 Å². The van der Waals surface area contributed by atoms with Gasteiger partial charge in [0.2, 0.25) is 0 Å². The molecule has 3 rings (SSSR count). The van der Waals surface area contributed by atoms with Crippen LogP contribution in [-0.2, 0) is 17.8 Å². The van der Waals surface area contributed by atoms with E-state index in [1.54, 1.807) is 12.1 Å². The molecule has 1 aliphatic rings. The van der Waals surface area contributed by atoms with Crippen molar-refractivity contribution in [2.24, 2.45) is 0 Å². The van der Waals surface area contributed by atoms with Crippen molar-refractivity contribution in [2.75, 3.05) is 0 Å². The molecule has 0 radical (unpaired) electrons. The van der Waals surface area contributed by atoms with E-state index in [1.807, 2.05) is 30.3 Å². The summed E-state index contributed by atoms with van der Waals surface area (Å²) in [6.45, 7) is -0.0639. The summed E-state index contributed by atoms with van der Waals surface area (Å²) in [7, 11) is 0. The Morgan fingerprint density at radius 2 is 1.88 bits per heavy atom. The third-order valence-corrected chi connectivity index (χ3v) is 4.51. The van der Waals surface area contributed by atoms with Crippen LogP contribution in [0.2, 0.25) is 0 Å². The fraction of sp³-hybridized carbons (Fsp3) is 0.222. The minimum absolute atomic E-state index is 0.0639. The third kappa shape index (κ3) is 3.64. The minimum Gasteiger partial charge on any atom is -0.326 e. The van der Waals surface area contributed by atoms with E-state index in [-0.39, 0.29) is 12.5 Å². The van der Waals surface area contributed by atoms with Crippen molar-refractivity contribution in [3.63, 3.8) is 0 Å². The van der Waals surface area contributed by atoms with Crippen LogP contribution in [-0.4, -0.2) is 22.9 Å². The molecule has 24 heavy (non-hydrogen) atoms. The Labute approximate surface area is 147 Å². The van der Waals surface area contributed by atoms with Gasteiger partial charge in [-0.2, -0.15) is 0 Å². The molecule has 1 fully saturated rings. The molecule has 2 aromatic carbocycles. The Morgan fingerprint density at radius 3 is 2.58 bits per heavy atom. The number of halogens is 2. The van der Waals surface area contributed by atoms with Gasteiger partial charge in [0.1, 0.15) is 11.9 Å². The molecule has 1 N–H and O–H groups in total. The van der Waals surface area contributed by atoms with Crippen LogP contribution in [0.3, 0.4) is 0 Å². The van der Waals surface area contributed by atoms with Gasteiger partial charge in [-0.1, -0.05) is 52.3 Å². The molecular formula is C18H16BrFN2O2. The molecule has 0 aliphatic carbocycles. The van der Waals surface area contributed by atoms with Crippen LogP contribution in [0.5, 0.6) is 0 Å². The standard InChI is InChI=1S/C18H16BrFN2O2/c19-14-8-7-13(15(20)10-14)11-22-17(23)16(21-18(22)24)9-6-12-4-2-1-3-5-12/h1-5,7-8,10,16H,6,9,11H2,(H,21,24)/t16-/m1/s1. The molecule has 1 aliphatic heterocycles. The van der Waals surface area contributed by atoms with E-state index < -0.39 is 17.9 Å². The van der Waals surface area contributed by atoms with Crippen molar-refractivity contribution in [3.05, 3.63) is 69.9 Å². The number of urea groups is 1. The molecule has 2 aromatic rings. The molecule has 0 unspecified atom stereocenters. The van der Waals surface area contributed by atoms with Gasteiger partial charge in [0, 0.05) is 10.0 Å². The monoisotopic (exact) mass is 390 g/mol. The van der Waals surface area contributed by atoms with Crippen molar-refractivity contribution in [2.45, 2.75) is 25.4 Å². The van der Waals surface area contributed by atoms with Gasteiger partial charge in [-0.15, -0.1) is 0 Å². The first-order valence-corrected chi connectivity index (χ1v) is 8.43. The Kier molecular flexibility index (Phi) is 4.94. The van der Waals surface area contributed by atoms with E-state index in [1.165, 1.54) is 6.07 Å². The second-order valence-electron chi connectivity index (χ2n) is 5.69. The number of nitrogens with zero attached hydrogens (tertiary/aromatic N) is 1. The van der Waals surface area contributed by atoms with Crippen LogP contribution in [0, 0.1) is 5.82 Å². The normalized spacial score (nSPS) is 17.2. The third-order valence-electron chi connectivity index (χ3n) is 4.02. The number of carbonyl (C=O) groups excluding carboxylic acids is 2. The predicted molar refractivity (Wildman–Crippen MR) is 91.7 cm³/mol. The molecule has 4 nitrogen and oxygen atoms in total. The quantitative estimate of drug-likeness (QED) is 0.792. The number of nitrogens with one attached hydrogen (secondary N) is 1. The van der Waals surface area contributed by atoms with E-state index in [2.05, 4.69) is 21.2 Å². The van der Waals surface area contributed by atoms with Crippen molar-refractivity contribution in [1.29, 1.82) is 0 Å². The molecule has 3 amide bonds. The van der Waals surface area contributed by atoms with Crippen molar-refractivity contribution >= 4 is 27.9 Å². The number of carbonyl (C=O) groups is 2. The van der Waals surface area contributed by atoms with Gasteiger partial charge in [0.25, 0.3) is 5.91 Å². The number of hydrogen-bond acceptors (Lipinski definition) is 2. The van der Waals surface area contributed by atoms with E-state index in [0.717, 1.165) is 10.5 Å². The highest BCUT2D eigenvalue weighted by molar-refractivity contribution is 9.10. The summed E-state index contributed by atoms with van der Waals surface area (Å²) >= 11 is 3.19. The maximum Gasteiger partial charge on any atom is 0.325 e. The van der Waals surface area contributed by atoms with Crippen LogP contribution in [0.25, 0.3) is 0 Å². The van der Waals surface area contributed by atoms with E-state index >= 15 is 0 Å². The van der Waals surface area contributed by atoms with Crippen LogP contribution in [0.4, 0.5) is 9.18 Å². The van der Waals surface area contributed by atoms with E-state index in [9.17, 15) is 14.0 Å². The maximum absolute atomic E-state index is 13.9. The highest BCUT2D eigenvalue weighted by Gasteiger charge is 2.37. The molecule has 1 saturated heterocycles. The number of benzene rings is 2. The molecule has 6 heteroatoms. The SMILES string of the molecule is O=C1N[C@H](CCc2ccccc2)C(=O)N1Cc1ccc(Br)cc1F. The largest absolute Gasteiger partial charge is 0.326 e. The number of amides is 3. The van der Waals surface area contributed by atoms with Gasteiger partial charge >= 0.3 is 6.03 Å². The molecule has 1 heterocycles. The number of aryl methyl sites for hydroxylation is 1. The Balaban J connectivity index is 1.65. The first-order chi connectivity index (χ1) is 11.5. The van der Waals surface area contributed by atoms with Gasteiger partial charge in [-0.25, -0.2) is 9.18 Å². The Hall–Kier alpha value is -2.21. The predicted octanol–water partition coefficient (Wildman–Crippen LogP) is 3.64. The van der Waals surface area contributed by atoms with Crippen LogP contribution >= 0.6 is 15.9 Å². The summed E-state index contributed by atoms with van der Waals surface area (Å²) in [6.07, 6.45) is 1.21. The Bertz CT molecular complexity index is 767. The fourth-order valence-corrected chi connectivity index (χ4v) is 3.03. The summed E-state index contributed by atoms with van der Waals surface area (Å²) in [5.74, 6) is -0.754. The molecule has 0 saturated carbocycles. The van der Waals surface area contributed by atoms with Crippen LogP contribution in [0.15, 0.2) is 53.0 Å². The number of rotatable bonds is 5. The zero-order chi connectivity index (χ0) is 17.1. The van der Waals surface area contributed by atoms with Gasteiger partial charge in [-0.3, -0.25) is 9.69 Å². The zero-order valence-corrected chi connectivity index (χ0v) is 14.4. The molecule has 124 valence electrons. The summed E-state index contributed by atoms with van der Waals surface area (Å²) in [4.78, 5) is 25.6. The first-order valence-electron chi connectivity index (χ1n) is 7.64. The first kappa shape index (κ1) is 16.6. The molecule has 0 bridgehead atoms. The molecule has 1 atom stereocenters. The topological polar surface area (TPSA) is 49.4 Å². The second kappa shape index (κ2) is 7.13. The maximum atomic E-state index is 13.9. The average Bonchev–Trinajstić information content (AvgIpc) is 2.83. The van der Waals surface area contributed by atoms with E-state index in [4.69, 9.17) is 0 Å². The lowest BCUT2D eigenvalue weighted by Crippen LogP contribution is -2.31. The van der Waals surface area contributed by atoms with Crippen molar-refractivity contribution < 1.29 is 14.0 Å². The zero-order valence-electron chi connectivity index (χ0n) is 12.8. The highest BCUT2D eigenvalue weighted by atomic mass is 79.9. The molecule has 0 aromatic heterocycles. The smallest absolute Gasteiger partial charge is 0.325 e. The lowest BCUT2D eigenvalue weighted by atomic mass is 10.1. The van der Waals surface area contributed by atoms with Gasteiger partial charge in [0.05, 0.1) is 6.54 Å². The second-order valence-corrected chi connectivity index (χ2v) is 6.60. The van der Waals surface area contributed by atoms with Gasteiger partial charge < -0.3 is 5.32 Å². The summed E-state index contributed by atoms with van der Waals surface area (Å²) < 4.78 is 14.5. The summed E-state index contributed by atoms with van der Waals surface area (Å²) in [6, 6.07) is 13.3. The van der Waals surface area contributed by atoms with Crippen molar-refractivity contribution in [1.82, 2.24) is 10.2 Å². The van der Waals surface area contributed by atoms with Crippen molar-refractivity contribution in [3.8, 4) is 0 Å². The van der Waals surface area contributed by atoms with Gasteiger partial charge in [0.15, 0.2) is 0 Å². The highest BCUT2D eigenvalue weighted by Crippen LogP contribution is 2.20. The summed E-state index contributed by atoms with van der Waals surface area (Å²) in [5, 5.41) is 2.68. The minimum atomic E-state index is -0.559. The lowest BCUT2D eigenvalue weighted by molar-refractivity contribution is -0.128. The number of imide groups is 1. The average molecular weight is 391 g/mol. The molecule has 0 spiro atoms. The number of hydrogen-bond donors (Lipinski definition) is 1. The Morgan fingerprint density at radius 1 is 1.12 bits per heavy atom. The van der Waals surface area contributed by atoms with Gasteiger partial charge in [-0.05, 0) is 30.5 Å². The van der Waals surface area contributed by atoms with Crippen LogP contribution in [0.1, 0.15) is 17.5 Å². The molecular weight excluding hydrogens is 375 g/mol. The summed E-state index contributed by atoms with van der Waals surface area (Å²) in [5.41, 5.74) is 1.42. The fourth-order valence-electron chi connectivity index (χ4n) is 2.70. The van der Waals surface area contributed by atoms with E-state index in [0.29, 0.717) is 22.9 Å². The lowest BCUT2D eigenvalue weighted by Gasteiger charge is -2.14.